The van der Waals surface area contributed by atoms with Crippen molar-refractivity contribution in [3.05, 3.63) is 47.5 Å². The summed E-state index contributed by atoms with van der Waals surface area (Å²) in [5.41, 5.74) is 0.963. The summed E-state index contributed by atoms with van der Waals surface area (Å²) >= 11 is 0. The van der Waals surface area contributed by atoms with Crippen LogP contribution in [-0.2, 0) is 16.1 Å². The lowest BCUT2D eigenvalue weighted by Crippen LogP contribution is -2.35. The Morgan fingerprint density at radius 3 is 2.43 bits per heavy atom. The molecule has 0 saturated heterocycles. The number of benzene rings is 2. The van der Waals surface area contributed by atoms with Crippen molar-refractivity contribution in [1.29, 1.82) is 0 Å². The van der Waals surface area contributed by atoms with Crippen LogP contribution in [0.4, 0.5) is 0 Å². The van der Waals surface area contributed by atoms with Crippen molar-refractivity contribution in [2.75, 3.05) is 21.0 Å². The van der Waals surface area contributed by atoms with E-state index in [-0.39, 0.29) is 18.9 Å². The van der Waals surface area contributed by atoms with Crippen molar-refractivity contribution < 1.29 is 33.3 Å². The highest BCUT2D eigenvalue weighted by molar-refractivity contribution is 5.97. The first-order valence-corrected chi connectivity index (χ1v) is 8.61. The third kappa shape index (κ3) is 4.11. The second-order valence-corrected chi connectivity index (χ2v) is 5.99. The maximum atomic E-state index is 12.5. The Balaban J connectivity index is 1.60. The second-order valence-electron chi connectivity index (χ2n) is 5.99. The highest BCUT2D eigenvalue weighted by atomic mass is 16.7. The number of carbonyl (C=O) groups excluding carboxylic acids is 2. The topological polar surface area (TPSA) is 92.3 Å². The molecule has 1 aliphatic rings. The fraction of sp³-hybridized carbons (Fsp3) is 0.300. The number of hydrogen-bond donors (Lipinski definition) is 1. The quantitative estimate of drug-likeness (QED) is 0.729. The number of hydrogen-bond acceptors (Lipinski definition) is 7. The summed E-state index contributed by atoms with van der Waals surface area (Å²) in [6, 6.07) is 10.3. The van der Waals surface area contributed by atoms with E-state index in [1.165, 1.54) is 21.1 Å². The molecule has 0 bridgehead atoms. The lowest BCUT2D eigenvalue weighted by Gasteiger charge is -2.16. The van der Waals surface area contributed by atoms with Crippen LogP contribution in [0.1, 0.15) is 22.8 Å². The molecule has 0 unspecified atom stereocenters. The van der Waals surface area contributed by atoms with Gasteiger partial charge in [0.1, 0.15) is 17.1 Å². The molecular weight excluding hydrogens is 366 g/mol. The molecule has 1 amide bonds. The van der Waals surface area contributed by atoms with Gasteiger partial charge >= 0.3 is 5.97 Å². The fourth-order valence-corrected chi connectivity index (χ4v) is 2.71. The van der Waals surface area contributed by atoms with Gasteiger partial charge in [0.05, 0.1) is 14.2 Å². The average Bonchev–Trinajstić information content (AvgIpc) is 3.18. The third-order valence-corrected chi connectivity index (χ3v) is 4.19. The minimum absolute atomic E-state index is 0.128. The number of rotatable bonds is 7. The molecular formula is C20H21NO7. The summed E-state index contributed by atoms with van der Waals surface area (Å²) in [6.07, 6.45) is -1.00. The van der Waals surface area contributed by atoms with Crippen molar-refractivity contribution >= 4 is 11.9 Å². The van der Waals surface area contributed by atoms with Crippen LogP contribution in [0, 0.1) is 0 Å². The maximum Gasteiger partial charge on any atom is 0.346 e. The number of carbonyl (C=O) groups is 2. The zero-order chi connectivity index (χ0) is 20.1. The first-order valence-electron chi connectivity index (χ1n) is 8.61. The highest BCUT2D eigenvalue weighted by Gasteiger charge is 2.24. The van der Waals surface area contributed by atoms with Crippen molar-refractivity contribution in [3.8, 4) is 23.0 Å². The maximum absolute atomic E-state index is 12.5. The molecule has 0 saturated carbocycles. The van der Waals surface area contributed by atoms with Crippen LogP contribution in [0.2, 0.25) is 0 Å². The molecule has 8 nitrogen and oxygen atoms in total. The Hall–Kier alpha value is -3.42. The molecule has 1 aliphatic heterocycles. The summed E-state index contributed by atoms with van der Waals surface area (Å²) in [4.78, 5) is 24.8. The number of nitrogens with one attached hydrogen (secondary N) is 1. The molecule has 3 rings (SSSR count). The Labute approximate surface area is 162 Å². The summed E-state index contributed by atoms with van der Waals surface area (Å²) in [5, 5.41) is 2.73. The van der Waals surface area contributed by atoms with Gasteiger partial charge in [-0.25, -0.2) is 4.79 Å². The summed E-state index contributed by atoms with van der Waals surface area (Å²) in [7, 11) is 2.88. The molecule has 28 heavy (non-hydrogen) atoms. The van der Waals surface area contributed by atoms with Crippen molar-refractivity contribution in [3.63, 3.8) is 0 Å². The average molecular weight is 387 g/mol. The van der Waals surface area contributed by atoms with Gasteiger partial charge in [-0.05, 0) is 36.8 Å². The molecule has 0 radical (unpaired) electrons. The Morgan fingerprint density at radius 2 is 1.75 bits per heavy atom. The SMILES string of the molecule is COc1cccc(OC)c1C(=O)O[C@@H](C)C(=O)NCc1ccc2c(c1)OCO2. The Kier molecular flexibility index (Phi) is 5.88. The third-order valence-electron chi connectivity index (χ3n) is 4.19. The molecule has 1 N–H and O–H groups in total. The molecule has 148 valence electrons. The summed E-state index contributed by atoms with van der Waals surface area (Å²) < 4.78 is 26.2. The van der Waals surface area contributed by atoms with Crippen molar-refractivity contribution in [2.24, 2.45) is 0 Å². The molecule has 0 spiro atoms. The van der Waals surface area contributed by atoms with Crippen LogP contribution < -0.4 is 24.3 Å². The number of fused-ring (bicyclic) bond motifs is 1. The molecule has 1 heterocycles. The number of amides is 1. The minimum Gasteiger partial charge on any atom is -0.496 e. The predicted molar refractivity (Wildman–Crippen MR) is 98.8 cm³/mol. The molecule has 0 fully saturated rings. The zero-order valence-corrected chi connectivity index (χ0v) is 15.8. The fourth-order valence-electron chi connectivity index (χ4n) is 2.71. The Bertz CT molecular complexity index is 859. The van der Waals surface area contributed by atoms with Gasteiger partial charge in [-0.2, -0.15) is 0 Å². The molecule has 1 atom stereocenters. The smallest absolute Gasteiger partial charge is 0.346 e. The lowest BCUT2D eigenvalue weighted by molar-refractivity contribution is -0.129. The van der Waals surface area contributed by atoms with Crippen LogP contribution in [-0.4, -0.2) is 39.0 Å². The minimum atomic E-state index is -1.00. The van der Waals surface area contributed by atoms with Gasteiger partial charge in [0.25, 0.3) is 5.91 Å². The highest BCUT2D eigenvalue weighted by Crippen LogP contribution is 2.32. The number of ether oxygens (including phenoxy) is 5. The van der Waals surface area contributed by atoms with E-state index in [4.69, 9.17) is 23.7 Å². The van der Waals surface area contributed by atoms with Crippen molar-refractivity contribution in [2.45, 2.75) is 19.6 Å². The van der Waals surface area contributed by atoms with Gasteiger partial charge in [-0.15, -0.1) is 0 Å². The van der Waals surface area contributed by atoms with Gasteiger partial charge in [0.2, 0.25) is 6.79 Å². The molecule has 0 aliphatic carbocycles. The van der Waals surface area contributed by atoms with Crippen LogP contribution in [0.3, 0.4) is 0 Å². The van der Waals surface area contributed by atoms with E-state index in [1.807, 2.05) is 6.07 Å². The van der Waals surface area contributed by atoms with Gasteiger partial charge in [0, 0.05) is 6.54 Å². The van der Waals surface area contributed by atoms with Crippen LogP contribution in [0.25, 0.3) is 0 Å². The summed E-state index contributed by atoms with van der Waals surface area (Å²) in [5.74, 6) is 0.771. The molecule has 8 heteroatoms. The van der Waals surface area contributed by atoms with E-state index in [9.17, 15) is 9.59 Å². The standard InChI is InChI=1S/C20H21NO7/c1-12(28-20(23)18-15(24-2)5-4-6-16(18)25-3)19(22)21-10-13-7-8-14-17(9-13)27-11-26-14/h4-9,12H,10-11H2,1-3H3,(H,21,22)/t12-/m0/s1. The van der Waals surface area contributed by atoms with E-state index in [0.717, 1.165) is 5.56 Å². The normalized spacial score (nSPS) is 12.8. The van der Waals surface area contributed by atoms with Gasteiger partial charge in [-0.3, -0.25) is 4.79 Å². The van der Waals surface area contributed by atoms with E-state index in [1.54, 1.807) is 30.3 Å². The van der Waals surface area contributed by atoms with Crippen LogP contribution >= 0.6 is 0 Å². The van der Waals surface area contributed by atoms with E-state index >= 15 is 0 Å². The predicted octanol–water partition coefficient (Wildman–Crippen LogP) is 2.29. The van der Waals surface area contributed by atoms with Crippen LogP contribution in [0.15, 0.2) is 36.4 Å². The zero-order valence-electron chi connectivity index (χ0n) is 15.8. The van der Waals surface area contributed by atoms with Gasteiger partial charge in [0.15, 0.2) is 17.6 Å². The van der Waals surface area contributed by atoms with Gasteiger partial charge < -0.3 is 29.0 Å². The number of methoxy groups -OCH3 is 2. The van der Waals surface area contributed by atoms with E-state index in [0.29, 0.717) is 23.0 Å². The molecule has 2 aromatic rings. The molecule has 2 aromatic carbocycles. The monoisotopic (exact) mass is 387 g/mol. The van der Waals surface area contributed by atoms with Crippen LogP contribution in [0.5, 0.6) is 23.0 Å². The van der Waals surface area contributed by atoms with Gasteiger partial charge in [-0.1, -0.05) is 12.1 Å². The largest absolute Gasteiger partial charge is 0.496 e. The summed E-state index contributed by atoms with van der Waals surface area (Å²) in [6.45, 7) is 1.94. The Morgan fingerprint density at radius 1 is 1.07 bits per heavy atom. The number of esters is 1. The van der Waals surface area contributed by atoms with E-state index < -0.39 is 18.0 Å². The first kappa shape index (κ1) is 19.3. The van der Waals surface area contributed by atoms with Crippen molar-refractivity contribution in [1.82, 2.24) is 5.32 Å². The van der Waals surface area contributed by atoms with E-state index in [2.05, 4.69) is 5.32 Å². The first-order chi connectivity index (χ1) is 13.5. The second kappa shape index (κ2) is 8.51. The molecule has 0 aromatic heterocycles. The lowest BCUT2D eigenvalue weighted by atomic mass is 10.1.